The Morgan fingerprint density at radius 1 is 1.21 bits per heavy atom. The zero-order valence-corrected chi connectivity index (χ0v) is 12.3. The molecule has 0 radical (unpaired) electrons. The molecule has 1 aromatic carbocycles. The second-order valence-corrected chi connectivity index (χ2v) is 6.50. The van der Waals surface area contributed by atoms with Gasteiger partial charge in [-0.1, -0.05) is 13.8 Å². The van der Waals surface area contributed by atoms with Crippen LogP contribution >= 0.6 is 0 Å². The first kappa shape index (κ1) is 15.7. The maximum Gasteiger partial charge on any atom is 0.338 e. The van der Waals surface area contributed by atoms with Crippen molar-refractivity contribution < 1.29 is 17.9 Å². The zero-order valence-electron chi connectivity index (χ0n) is 11.5. The van der Waals surface area contributed by atoms with E-state index in [0.717, 1.165) is 0 Å². The summed E-state index contributed by atoms with van der Waals surface area (Å²) in [6.07, 6.45) is -0.244. The largest absolute Gasteiger partial charge is 0.459 e. The van der Waals surface area contributed by atoms with Gasteiger partial charge >= 0.3 is 5.97 Å². The van der Waals surface area contributed by atoms with E-state index in [9.17, 15) is 13.2 Å². The van der Waals surface area contributed by atoms with Gasteiger partial charge in [-0.15, -0.1) is 0 Å². The van der Waals surface area contributed by atoms with Crippen LogP contribution in [-0.2, 0) is 14.8 Å². The Morgan fingerprint density at radius 3 is 2.26 bits per heavy atom. The molecule has 0 spiro atoms. The van der Waals surface area contributed by atoms with Gasteiger partial charge in [0.25, 0.3) is 0 Å². The van der Waals surface area contributed by atoms with Gasteiger partial charge in [-0.3, -0.25) is 0 Å². The Bertz CT molecular complexity index is 578. The molecule has 106 valence electrons. The van der Waals surface area contributed by atoms with E-state index >= 15 is 0 Å². The number of nitrogens with two attached hydrogens (primary N) is 1. The van der Waals surface area contributed by atoms with Gasteiger partial charge in [0.15, 0.2) is 0 Å². The monoisotopic (exact) mass is 285 g/mol. The number of carbonyl (C=O) groups excluding carboxylic acids is 1. The molecule has 0 saturated heterocycles. The molecule has 0 bridgehead atoms. The fourth-order valence-corrected chi connectivity index (χ4v) is 2.04. The van der Waals surface area contributed by atoms with Gasteiger partial charge in [0.2, 0.25) is 10.0 Å². The summed E-state index contributed by atoms with van der Waals surface area (Å²) in [5.41, 5.74) is 0.826. The maximum atomic E-state index is 11.9. The van der Waals surface area contributed by atoms with Crippen molar-refractivity contribution in [1.82, 2.24) is 0 Å². The summed E-state index contributed by atoms with van der Waals surface area (Å²) in [5, 5.41) is 5.06. The fourth-order valence-electron chi connectivity index (χ4n) is 1.40. The summed E-state index contributed by atoms with van der Waals surface area (Å²) in [6.45, 7) is 7.35. The van der Waals surface area contributed by atoms with E-state index in [2.05, 4.69) is 0 Å². The van der Waals surface area contributed by atoms with Gasteiger partial charge in [0.1, 0.15) is 6.10 Å². The minimum atomic E-state index is -3.83. The molecule has 2 N–H and O–H groups in total. The Balaban J connectivity index is 3.08. The molecule has 19 heavy (non-hydrogen) atoms. The van der Waals surface area contributed by atoms with Gasteiger partial charge in [-0.25, -0.2) is 18.4 Å². The fraction of sp³-hybridized carbons (Fsp3) is 0.462. The standard InChI is InChI=1S/C13H19NO4S/c1-8(2)10(4)18-13(15)11-5-9(3)6-12(7-11)19(14,16)17/h5-8,10H,1-4H3,(H2,14,16,17). The number of carbonyl (C=O) groups is 1. The van der Waals surface area contributed by atoms with Crippen LogP contribution in [0.2, 0.25) is 0 Å². The number of ether oxygens (including phenoxy) is 1. The average molecular weight is 285 g/mol. The molecule has 0 heterocycles. The molecule has 6 heteroatoms. The van der Waals surface area contributed by atoms with Crippen molar-refractivity contribution in [3.63, 3.8) is 0 Å². The number of hydrogen-bond acceptors (Lipinski definition) is 4. The zero-order chi connectivity index (χ0) is 14.8. The number of benzene rings is 1. The van der Waals surface area contributed by atoms with Gasteiger partial charge in [0.05, 0.1) is 10.5 Å². The third kappa shape index (κ3) is 4.33. The smallest absolute Gasteiger partial charge is 0.338 e. The summed E-state index contributed by atoms with van der Waals surface area (Å²) >= 11 is 0. The highest BCUT2D eigenvalue weighted by Gasteiger charge is 2.18. The average Bonchev–Trinajstić information content (AvgIpc) is 2.26. The van der Waals surface area contributed by atoms with E-state index in [4.69, 9.17) is 9.88 Å². The highest BCUT2D eigenvalue weighted by atomic mass is 32.2. The molecule has 5 nitrogen and oxygen atoms in total. The van der Waals surface area contributed by atoms with Crippen molar-refractivity contribution in [3.8, 4) is 0 Å². The van der Waals surface area contributed by atoms with E-state index in [1.54, 1.807) is 19.9 Å². The number of primary sulfonamides is 1. The van der Waals surface area contributed by atoms with E-state index in [0.29, 0.717) is 5.56 Å². The minimum absolute atomic E-state index is 0.0864. The highest BCUT2D eigenvalue weighted by Crippen LogP contribution is 2.16. The van der Waals surface area contributed by atoms with Crippen molar-refractivity contribution in [2.45, 2.75) is 38.7 Å². The first-order valence-corrected chi connectivity index (χ1v) is 7.51. The molecule has 1 rings (SSSR count). The van der Waals surface area contributed by atoms with Gasteiger partial charge in [-0.05, 0) is 43.5 Å². The third-order valence-corrected chi connectivity index (χ3v) is 3.74. The van der Waals surface area contributed by atoms with E-state index < -0.39 is 16.0 Å². The first-order chi connectivity index (χ1) is 8.61. The number of esters is 1. The topological polar surface area (TPSA) is 86.5 Å². The van der Waals surface area contributed by atoms with Crippen LogP contribution < -0.4 is 5.14 Å². The van der Waals surface area contributed by atoms with E-state index in [1.807, 2.05) is 13.8 Å². The molecular weight excluding hydrogens is 266 g/mol. The number of hydrogen-bond donors (Lipinski definition) is 1. The molecule has 1 aromatic rings. The van der Waals surface area contributed by atoms with Crippen LogP contribution in [0.25, 0.3) is 0 Å². The summed E-state index contributed by atoms with van der Waals surface area (Å²) in [6, 6.07) is 4.22. The van der Waals surface area contributed by atoms with Crippen LogP contribution in [0.5, 0.6) is 0 Å². The summed E-state index contributed by atoms with van der Waals surface area (Å²) in [5.74, 6) is -0.360. The van der Waals surface area contributed by atoms with Gasteiger partial charge < -0.3 is 4.74 Å². The molecule has 1 unspecified atom stereocenters. The number of rotatable bonds is 4. The Morgan fingerprint density at radius 2 is 1.79 bits per heavy atom. The van der Waals surface area contributed by atoms with Crippen molar-refractivity contribution >= 4 is 16.0 Å². The summed E-state index contributed by atoms with van der Waals surface area (Å²) in [4.78, 5) is 11.8. The normalized spacial score (nSPS) is 13.4. The molecule has 0 aromatic heterocycles. The van der Waals surface area contributed by atoms with Crippen LogP contribution in [0.4, 0.5) is 0 Å². The van der Waals surface area contributed by atoms with E-state index in [-0.39, 0.29) is 22.5 Å². The second-order valence-electron chi connectivity index (χ2n) is 4.93. The van der Waals surface area contributed by atoms with Crippen LogP contribution in [0.15, 0.2) is 23.1 Å². The SMILES string of the molecule is Cc1cc(C(=O)OC(C)C(C)C)cc(S(N)(=O)=O)c1. The van der Waals surface area contributed by atoms with Crippen LogP contribution in [0, 0.1) is 12.8 Å². The lowest BCUT2D eigenvalue weighted by atomic mass is 10.1. The van der Waals surface area contributed by atoms with Gasteiger partial charge in [-0.2, -0.15) is 0 Å². The van der Waals surface area contributed by atoms with E-state index in [1.165, 1.54) is 12.1 Å². The lowest BCUT2D eigenvalue weighted by Crippen LogP contribution is -2.21. The molecule has 0 amide bonds. The quantitative estimate of drug-likeness (QED) is 0.855. The first-order valence-electron chi connectivity index (χ1n) is 5.96. The number of sulfonamides is 1. The van der Waals surface area contributed by atoms with Crippen LogP contribution in [0.1, 0.15) is 36.7 Å². The summed E-state index contributed by atoms with van der Waals surface area (Å²) < 4.78 is 27.9. The molecular formula is C13H19NO4S. The van der Waals surface area contributed by atoms with Crippen molar-refractivity contribution in [2.24, 2.45) is 11.1 Å². The molecule has 0 aliphatic rings. The lowest BCUT2D eigenvalue weighted by Gasteiger charge is -2.17. The van der Waals surface area contributed by atoms with Crippen molar-refractivity contribution in [2.75, 3.05) is 0 Å². The molecule has 0 fully saturated rings. The Kier molecular flexibility index (Phi) is 4.70. The third-order valence-electron chi connectivity index (χ3n) is 2.85. The van der Waals surface area contributed by atoms with Crippen LogP contribution in [0.3, 0.4) is 0 Å². The Hall–Kier alpha value is -1.40. The van der Waals surface area contributed by atoms with Gasteiger partial charge in [0, 0.05) is 0 Å². The predicted octanol–water partition coefficient (Wildman–Crippen LogP) is 1.84. The minimum Gasteiger partial charge on any atom is -0.459 e. The lowest BCUT2D eigenvalue weighted by molar-refractivity contribution is 0.0237. The second kappa shape index (κ2) is 5.71. The number of aryl methyl sites for hydroxylation is 1. The molecule has 0 aliphatic carbocycles. The highest BCUT2D eigenvalue weighted by molar-refractivity contribution is 7.89. The molecule has 1 atom stereocenters. The maximum absolute atomic E-state index is 11.9. The van der Waals surface area contributed by atoms with Crippen molar-refractivity contribution in [3.05, 3.63) is 29.3 Å². The predicted molar refractivity (Wildman–Crippen MR) is 72.3 cm³/mol. The molecule has 0 aliphatic heterocycles. The summed E-state index contributed by atoms with van der Waals surface area (Å²) in [7, 11) is -3.83. The Labute approximate surface area is 113 Å². The van der Waals surface area contributed by atoms with Crippen LogP contribution in [-0.4, -0.2) is 20.5 Å². The van der Waals surface area contributed by atoms with Crippen molar-refractivity contribution in [1.29, 1.82) is 0 Å². The molecule has 0 saturated carbocycles.